The van der Waals surface area contributed by atoms with Crippen LogP contribution in [0.4, 0.5) is 5.82 Å². The molecule has 0 atom stereocenters. The van der Waals surface area contributed by atoms with Gasteiger partial charge in [0.2, 0.25) is 0 Å². The zero-order valence-corrected chi connectivity index (χ0v) is 9.49. The van der Waals surface area contributed by atoms with E-state index in [9.17, 15) is 0 Å². The minimum Gasteiger partial charge on any atom is -0.308 e. The second-order valence-electron chi connectivity index (χ2n) is 3.38. The van der Waals surface area contributed by atoms with Crippen molar-refractivity contribution in [1.82, 2.24) is 9.97 Å². The summed E-state index contributed by atoms with van der Waals surface area (Å²) in [5, 5.41) is 0.385. The Morgan fingerprint density at radius 1 is 1.38 bits per heavy atom. The largest absolute Gasteiger partial charge is 0.308 e. The quantitative estimate of drug-likeness (QED) is 0.476. The van der Waals surface area contributed by atoms with Crippen molar-refractivity contribution in [1.29, 1.82) is 0 Å². The Bertz CT molecular complexity index is 513. The van der Waals surface area contributed by atoms with Gasteiger partial charge in [0, 0.05) is 11.8 Å². The van der Waals surface area contributed by atoms with Crippen LogP contribution in [0.2, 0.25) is 5.15 Å². The Kier molecular flexibility index (Phi) is 3.03. The summed E-state index contributed by atoms with van der Waals surface area (Å²) < 4.78 is 0. The highest BCUT2D eigenvalue weighted by atomic mass is 35.5. The monoisotopic (exact) mass is 234 g/mol. The zero-order valence-electron chi connectivity index (χ0n) is 8.74. The molecule has 2 aromatic rings. The number of aryl methyl sites for hydroxylation is 1. The molecule has 0 aromatic carbocycles. The molecule has 0 unspecified atom stereocenters. The Balaban J connectivity index is 2.56. The lowest BCUT2D eigenvalue weighted by Gasteiger charge is -2.07. The van der Waals surface area contributed by atoms with Gasteiger partial charge in [-0.15, -0.1) is 0 Å². The highest BCUT2D eigenvalue weighted by molar-refractivity contribution is 6.29. The maximum atomic E-state index is 5.90. The number of hydrogen-bond acceptors (Lipinski definition) is 4. The fourth-order valence-electron chi connectivity index (χ4n) is 1.50. The summed E-state index contributed by atoms with van der Waals surface area (Å²) in [6.07, 6.45) is 1.74. The molecule has 16 heavy (non-hydrogen) atoms. The molecule has 0 saturated carbocycles. The van der Waals surface area contributed by atoms with E-state index in [1.807, 2.05) is 19.1 Å². The molecule has 0 fully saturated rings. The number of nitrogens with two attached hydrogens (primary N) is 1. The Morgan fingerprint density at radius 2 is 2.19 bits per heavy atom. The molecule has 2 rings (SSSR count). The van der Waals surface area contributed by atoms with Crippen molar-refractivity contribution >= 4 is 17.4 Å². The molecule has 0 aliphatic carbocycles. The normalized spacial score (nSPS) is 10.2. The van der Waals surface area contributed by atoms with Crippen molar-refractivity contribution < 1.29 is 0 Å². The van der Waals surface area contributed by atoms with E-state index in [1.165, 1.54) is 0 Å². The van der Waals surface area contributed by atoms with E-state index in [1.54, 1.807) is 18.3 Å². The highest BCUT2D eigenvalue weighted by Gasteiger charge is 2.06. The van der Waals surface area contributed by atoms with Crippen molar-refractivity contribution in [3.63, 3.8) is 0 Å². The number of nitrogens with zero attached hydrogens (tertiary/aromatic N) is 2. The molecule has 4 nitrogen and oxygen atoms in total. The van der Waals surface area contributed by atoms with Crippen molar-refractivity contribution in [2.45, 2.75) is 6.92 Å². The van der Waals surface area contributed by atoms with E-state index < -0.39 is 0 Å². The third-order valence-corrected chi connectivity index (χ3v) is 2.42. The van der Waals surface area contributed by atoms with Gasteiger partial charge >= 0.3 is 0 Å². The van der Waals surface area contributed by atoms with Gasteiger partial charge in [0.1, 0.15) is 11.0 Å². The smallest absolute Gasteiger partial charge is 0.142 e. The molecule has 0 spiro atoms. The van der Waals surface area contributed by atoms with Crippen LogP contribution >= 0.6 is 11.6 Å². The van der Waals surface area contributed by atoms with Crippen LogP contribution < -0.4 is 11.3 Å². The summed E-state index contributed by atoms with van der Waals surface area (Å²) in [5.74, 6) is 5.83. The van der Waals surface area contributed by atoms with Crippen LogP contribution in [0.25, 0.3) is 11.3 Å². The predicted octanol–water partition coefficient (Wildman–Crippen LogP) is 2.39. The molecule has 2 aromatic heterocycles. The first kappa shape index (κ1) is 10.9. The van der Waals surface area contributed by atoms with Gasteiger partial charge in [-0.3, -0.25) is 4.98 Å². The van der Waals surface area contributed by atoms with Gasteiger partial charge < -0.3 is 5.43 Å². The van der Waals surface area contributed by atoms with Crippen LogP contribution in [0.15, 0.2) is 30.5 Å². The molecule has 0 aliphatic rings. The third-order valence-electron chi connectivity index (χ3n) is 2.22. The number of hydrazine groups is 1. The van der Waals surface area contributed by atoms with Crippen LogP contribution in [-0.4, -0.2) is 9.97 Å². The van der Waals surface area contributed by atoms with Crippen molar-refractivity contribution in [2.24, 2.45) is 5.84 Å². The second-order valence-corrected chi connectivity index (χ2v) is 3.76. The van der Waals surface area contributed by atoms with E-state index in [0.29, 0.717) is 11.0 Å². The summed E-state index contributed by atoms with van der Waals surface area (Å²) in [6, 6.07) is 7.45. The van der Waals surface area contributed by atoms with Gasteiger partial charge in [-0.25, -0.2) is 10.8 Å². The lowest BCUT2D eigenvalue weighted by atomic mass is 10.1. The van der Waals surface area contributed by atoms with E-state index in [4.69, 9.17) is 17.4 Å². The Labute approximate surface area is 98.5 Å². The van der Waals surface area contributed by atoms with E-state index in [2.05, 4.69) is 15.4 Å². The first-order valence-corrected chi connectivity index (χ1v) is 5.14. The molecular weight excluding hydrogens is 224 g/mol. The summed E-state index contributed by atoms with van der Waals surface area (Å²) >= 11 is 5.90. The molecular formula is C11H11ClN4. The number of aromatic nitrogens is 2. The zero-order chi connectivity index (χ0) is 11.5. The van der Waals surface area contributed by atoms with Crippen LogP contribution in [0, 0.1) is 6.92 Å². The van der Waals surface area contributed by atoms with Crippen LogP contribution in [0.3, 0.4) is 0 Å². The highest BCUT2D eigenvalue weighted by Crippen LogP contribution is 2.25. The van der Waals surface area contributed by atoms with Crippen molar-refractivity contribution in [3.8, 4) is 11.3 Å². The lowest BCUT2D eigenvalue weighted by Crippen LogP contribution is -2.08. The van der Waals surface area contributed by atoms with Crippen molar-refractivity contribution in [2.75, 3.05) is 5.43 Å². The number of hydrogen-bond donors (Lipinski definition) is 2. The molecule has 82 valence electrons. The van der Waals surface area contributed by atoms with Crippen LogP contribution in [-0.2, 0) is 0 Å². The van der Waals surface area contributed by atoms with E-state index >= 15 is 0 Å². The van der Waals surface area contributed by atoms with Crippen LogP contribution in [0.5, 0.6) is 0 Å². The number of nitrogen functional groups attached to an aromatic ring is 1. The Morgan fingerprint density at radius 3 is 2.88 bits per heavy atom. The first-order valence-electron chi connectivity index (χ1n) is 4.77. The standard InChI is InChI=1S/C11H11ClN4/c1-7-3-2-4-14-11(7)8-5-9(12)15-10(6-8)16-13/h2-6H,13H2,1H3,(H,15,16). The number of rotatable bonds is 2. The van der Waals surface area contributed by atoms with Gasteiger partial charge in [-0.1, -0.05) is 17.7 Å². The fraction of sp³-hybridized carbons (Fsp3) is 0.0909. The van der Waals surface area contributed by atoms with Gasteiger partial charge in [-0.2, -0.15) is 0 Å². The summed E-state index contributed by atoms with van der Waals surface area (Å²) in [5.41, 5.74) is 5.32. The van der Waals surface area contributed by atoms with Gasteiger partial charge in [0.15, 0.2) is 0 Å². The average molecular weight is 235 g/mol. The summed E-state index contributed by atoms with van der Waals surface area (Å²) in [7, 11) is 0. The molecule has 3 N–H and O–H groups in total. The molecule has 0 bridgehead atoms. The van der Waals surface area contributed by atoms with Gasteiger partial charge in [-0.05, 0) is 30.7 Å². The van der Waals surface area contributed by atoms with E-state index in [0.717, 1.165) is 16.8 Å². The molecule has 2 heterocycles. The van der Waals surface area contributed by atoms with Crippen LogP contribution in [0.1, 0.15) is 5.56 Å². The Hall–Kier alpha value is -1.65. The maximum absolute atomic E-state index is 5.90. The maximum Gasteiger partial charge on any atom is 0.142 e. The summed E-state index contributed by atoms with van der Waals surface area (Å²) in [6.45, 7) is 1.99. The van der Waals surface area contributed by atoms with E-state index in [-0.39, 0.29) is 0 Å². The molecule has 5 heteroatoms. The number of nitrogens with one attached hydrogen (secondary N) is 1. The topological polar surface area (TPSA) is 63.8 Å². The molecule has 0 amide bonds. The minimum absolute atomic E-state index is 0.385. The van der Waals surface area contributed by atoms with Gasteiger partial charge in [0.05, 0.1) is 5.69 Å². The minimum atomic E-state index is 0.385. The van der Waals surface area contributed by atoms with Crippen molar-refractivity contribution in [3.05, 3.63) is 41.2 Å². The molecule has 0 saturated heterocycles. The number of pyridine rings is 2. The lowest BCUT2D eigenvalue weighted by molar-refractivity contribution is 1.21. The predicted molar refractivity (Wildman–Crippen MR) is 65.0 cm³/mol. The third kappa shape index (κ3) is 2.13. The van der Waals surface area contributed by atoms with Gasteiger partial charge in [0.25, 0.3) is 0 Å². The first-order chi connectivity index (χ1) is 7.70. The summed E-state index contributed by atoms with van der Waals surface area (Å²) in [4.78, 5) is 8.32. The molecule has 0 aliphatic heterocycles. The SMILES string of the molecule is Cc1cccnc1-c1cc(Cl)nc(NN)c1. The number of halogens is 1. The number of anilines is 1. The molecule has 0 radical (unpaired) electrons. The average Bonchev–Trinajstić information content (AvgIpc) is 2.28. The second kappa shape index (κ2) is 4.47. The fourth-order valence-corrected chi connectivity index (χ4v) is 1.70.